The van der Waals surface area contributed by atoms with Crippen molar-refractivity contribution >= 4 is 17.5 Å². The van der Waals surface area contributed by atoms with Crippen molar-refractivity contribution < 1.29 is 14.0 Å². The Bertz CT molecular complexity index is 1270. The van der Waals surface area contributed by atoms with Crippen LogP contribution in [-0.4, -0.2) is 83.2 Å². The Morgan fingerprint density at radius 1 is 1.18 bits per heavy atom. The van der Waals surface area contributed by atoms with Gasteiger partial charge in [0.25, 0.3) is 0 Å². The summed E-state index contributed by atoms with van der Waals surface area (Å²) in [6.07, 6.45) is 0.511. The summed E-state index contributed by atoms with van der Waals surface area (Å²) in [7, 11) is 0. The first kappa shape index (κ1) is 26.4. The predicted molar refractivity (Wildman–Crippen MR) is 144 cm³/mol. The molecule has 5 rings (SSSR count). The van der Waals surface area contributed by atoms with Gasteiger partial charge in [0, 0.05) is 62.2 Å². The summed E-state index contributed by atoms with van der Waals surface area (Å²) in [5, 5.41) is 12.5. The second-order valence-corrected chi connectivity index (χ2v) is 11.7. The summed E-state index contributed by atoms with van der Waals surface area (Å²) in [5.41, 5.74) is 4.93. The van der Waals surface area contributed by atoms with Crippen molar-refractivity contribution in [2.75, 3.05) is 44.2 Å². The lowest BCUT2D eigenvalue weighted by atomic mass is 9.91. The van der Waals surface area contributed by atoms with Crippen LogP contribution in [0.5, 0.6) is 0 Å². The van der Waals surface area contributed by atoms with Gasteiger partial charge in [-0.25, -0.2) is 4.39 Å². The van der Waals surface area contributed by atoms with Crippen molar-refractivity contribution in [3.05, 3.63) is 64.2 Å². The standard InChI is InChI=1S/C29H37FN6O2/c1-18-13-35(28(38)20(18)3)15-24-12-31-19(2)14-34(24)16-26(37)36-17-29(4,5)27-25(36)11-23(32-33-27)10-21-6-8-22(30)9-7-21/h6-9,11,19,24,31H,10,12-17H2,1-5H3/t19?,24-/m1/s1. The Labute approximate surface area is 223 Å². The third kappa shape index (κ3) is 5.22. The summed E-state index contributed by atoms with van der Waals surface area (Å²) in [6.45, 7) is 13.7. The van der Waals surface area contributed by atoms with Crippen molar-refractivity contribution in [1.82, 2.24) is 25.3 Å². The number of rotatable bonds is 6. The van der Waals surface area contributed by atoms with Crippen molar-refractivity contribution in [2.45, 2.75) is 58.5 Å². The molecule has 1 N–H and O–H groups in total. The highest BCUT2D eigenvalue weighted by Crippen LogP contribution is 2.39. The molecule has 0 bridgehead atoms. The van der Waals surface area contributed by atoms with Crippen LogP contribution in [0, 0.1) is 5.82 Å². The van der Waals surface area contributed by atoms with E-state index in [4.69, 9.17) is 0 Å². The molecule has 202 valence electrons. The van der Waals surface area contributed by atoms with Crippen LogP contribution in [0.25, 0.3) is 0 Å². The number of hydrogen-bond donors (Lipinski definition) is 1. The molecule has 1 aromatic carbocycles. The first-order chi connectivity index (χ1) is 18.0. The number of benzene rings is 1. The van der Waals surface area contributed by atoms with E-state index >= 15 is 0 Å². The van der Waals surface area contributed by atoms with Gasteiger partial charge in [-0.15, -0.1) is 0 Å². The molecule has 3 aliphatic rings. The molecule has 0 saturated carbocycles. The number of nitrogens with one attached hydrogen (secondary N) is 1. The first-order valence-corrected chi connectivity index (χ1v) is 13.4. The van der Waals surface area contributed by atoms with E-state index in [2.05, 4.69) is 41.2 Å². The summed E-state index contributed by atoms with van der Waals surface area (Å²) in [6, 6.07) is 8.63. The maximum absolute atomic E-state index is 13.8. The average Bonchev–Trinajstić information content (AvgIpc) is 3.28. The van der Waals surface area contributed by atoms with E-state index in [1.54, 1.807) is 12.1 Å². The molecule has 0 spiro atoms. The zero-order valence-electron chi connectivity index (χ0n) is 22.9. The molecule has 0 radical (unpaired) electrons. The minimum absolute atomic E-state index is 0.0230. The van der Waals surface area contributed by atoms with Gasteiger partial charge >= 0.3 is 0 Å². The van der Waals surface area contributed by atoms with Gasteiger partial charge in [0.15, 0.2) is 0 Å². The fraction of sp³-hybridized carbons (Fsp3) is 0.517. The van der Waals surface area contributed by atoms with Gasteiger partial charge in [0.05, 0.1) is 23.6 Å². The molecular weight excluding hydrogens is 483 g/mol. The normalized spacial score (nSPS) is 23.4. The van der Waals surface area contributed by atoms with Crippen LogP contribution in [0.3, 0.4) is 0 Å². The van der Waals surface area contributed by atoms with Crippen molar-refractivity contribution in [2.24, 2.45) is 0 Å². The van der Waals surface area contributed by atoms with Crippen LogP contribution in [0.4, 0.5) is 10.1 Å². The predicted octanol–water partition coefficient (Wildman–Crippen LogP) is 2.67. The highest BCUT2D eigenvalue weighted by atomic mass is 19.1. The number of halogens is 1. The van der Waals surface area contributed by atoms with Gasteiger partial charge in [-0.3, -0.25) is 14.5 Å². The largest absolute Gasteiger partial charge is 0.333 e. The summed E-state index contributed by atoms with van der Waals surface area (Å²) in [5.74, 6) is -0.159. The molecule has 9 heteroatoms. The number of piperazine rings is 1. The lowest BCUT2D eigenvalue weighted by Gasteiger charge is -2.41. The van der Waals surface area contributed by atoms with Crippen molar-refractivity contribution in [1.29, 1.82) is 0 Å². The molecule has 2 amide bonds. The smallest absolute Gasteiger partial charge is 0.249 e. The van der Waals surface area contributed by atoms with Crippen LogP contribution in [0.15, 0.2) is 41.5 Å². The Hall–Kier alpha value is -3.17. The molecular formula is C29H37FN6O2. The zero-order valence-corrected chi connectivity index (χ0v) is 22.9. The minimum atomic E-state index is -0.314. The monoisotopic (exact) mass is 520 g/mol. The van der Waals surface area contributed by atoms with Gasteiger partial charge in [-0.1, -0.05) is 26.0 Å². The summed E-state index contributed by atoms with van der Waals surface area (Å²) >= 11 is 0. The fourth-order valence-corrected chi connectivity index (χ4v) is 5.75. The number of hydrogen-bond acceptors (Lipinski definition) is 6. The number of nitrogens with zero attached hydrogens (tertiary/aromatic N) is 5. The molecule has 1 aromatic heterocycles. The van der Waals surface area contributed by atoms with Crippen LogP contribution in [-0.2, 0) is 21.4 Å². The van der Waals surface area contributed by atoms with Crippen LogP contribution in [0.2, 0.25) is 0 Å². The Kier molecular flexibility index (Phi) is 7.09. The highest BCUT2D eigenvalue weighted by Gasteiger charge is 2.41. The Balaban J connectivity index is 1.33. The van der Waals surface area contributed by atoms with Crippen LogP contribution < -0.4 is 10.2 Å². The maximum atomic E-state index is 13.8. The van der Waals surface area contributed by atoms with Gasteiger partial charge in [-0.2, -0.15) is 10.2 Å². The quantitative estimate of drug-likeness (QED) is 0.631. The first-order valence-electron chi connectivity index (χ1n) is 13.4. The van der Waals surface area contributed by atoms with Gasteiger partial charge < -0.3 is 15.1 Å². The summed E-state index contributed by atoms with van der Waals surface area (Å²) < 4.78 is 13.3. The maximum Gasteiger partial charge on any atom is 0.249 e. The van der Waals surface area contributed by atoms with Crippen molar-refractivity contribution in [3.8, 4) is 0 Å². The highest BCUT2D eigenvalue weighted by molar-refractivity contribution is 5.97. The molecule has 2 atom stereocenters. The second-order valence-electron chi connectivity index (χ2n) is 11.7. The fourth-order valence-electron chi connectivity index (χ4n) is 5.75. The Morgan fingerprint density at radius 2 is 1.92 bits per heavy atom. The number of fused-ring (bicyclic) bond motifs is 1. The topological polar surface area (TPSA) is 81.7 Å². The van der Waals surface area contributed by atoms with E-state index < -0.39 is 0 Å². The van der Waals surface area contributed by atoms with Gasteiger partial charge in [-0.05, 0) is 50.1 Å². The number of carbonyl (C=O) groups is 2. The molecule has 1 saturated heterocycles. The van der Waals surface area contributed by atoms with E-state index in [0.29, 0.717) is 26.1 Å². The number of aromatic nitrogens is 2. The molecule has 1 unspecified atom stereocenters. The molecule has 38 heavy (non-hydrogen) atoms. The molecule has 2 aromatic rings. The molecule has 0 aliphatic carbocycles. The van der Waals surface area contributed by atoms with E-state index in [1.165, 1.54) is 12.1 Å². The lowest BCUT2D eigenvalue weighted by Crippen LogP contribution is -2.61. The number of anilines is 1. The second kappa shape index (κ2) is 10.2. The molecule has 8 nitrogen and oxygen atoms in total. The SMILES string of the molecule is CC1=C(C)C(=O)N(C[C@H]2CNC(C)CN2CC(=O)N2CC(C)(C)c3nnc(Cc4ccc(F)cc4)cc32)C1. The molecule has 3 aliphatic heterocycles. The van der Waals surface area contributed by atoms with Gasteiger partial charge in [0.2, 0.25) is 11.8 Å². The van der Waals surface area contributed by atoms with Crippen LogP contribution in [0.1, 0.15) is 51.6 Å². The number of carbonyl (C=O) groups excluding carboxylic acids is 2. The van der Waals surface area contributed by atoms with Crippen LogP contribution >= 0.6 is 0 Å². The average molecular weight is 521 g/mol. The minimum Gasteiger partial charge on any atom is -0.333 e. The van der Waals surface area contributed by atoms with E-state index in [0.717, 1.165) is 46.9 Å². The molecule has 4 heterocycles. The zero-order chi connectivity index (χ0) is 27.2. The van der Waals surface area contributed by atoms with Gasteiger partial charge in [0.1, 0.15) is 5.82 Å². The lowest BCUT2D eigenvalue weighted by molar-refractivity contribution is -0.126. The Morgan fingerprint density at radius 3 is 2.61 bits per heavy atom. The third-order valence-corrected chi connectivity index (χ3v) is 8.08. The third-order valence-electron chi connectivity index (χ3n) is 8.08. The van der Waals surface area contributed by atoms with E-state index in [-0.39, 0.29) is 41.7 Å². The van der Waals surface area contributed by atoms with Crippen molar-refractivity contribution in [3.63, 3.8) is 0 Å². The van der Waals surface area contributed by atoms with E-state index in [9.17, 15) is 14.0 Å². The molecule has 1 fully saturated rings. The van der Waals surface area contributed by atoms with E-state index in [1.807, 2.05) is 29.7 Å². The number of amides is 2. The summed E-state index contributed by atoms with van der Waals surface area (Å²) in [4.78, 5) is 32.5.